The van der Waals surface area contributed by atoms with Crippen LogP contribution in [0.15, 0.2) is 34.1 Å². The topological polar surface area (TPSA) is 47.6 Å². The lowest BCUT2D eigenvalue weighted by Gasteiger charge is -1.99. The van der Waals surface area contributed by atoms with E-state index in [0.29, 0.717) is 14.9 Å². The molecule has 1 aromatic carbocycles. The van der Waals surface area contributed by atoms with Crippen LogP contribution in [-0.4, -0.2) is 0 Å². The van der Waals surface area contributed by atoms with Gasteiger partial charge in [-0.25, -0.2) is 0 Å². The molecule has 15 heavy (non-hydrogen) atoms. The molecule has 1 rings (SSSR count). The molecule has 0 spiro atoms. The predicted octanol–water partition coefficient (Wildman–Crippen LogP) is 4.02. The maximum absolute atomic E-state index is 8.51. The zero-order chi connectivity index (χ0) is 11.3. The summed E-state index contributed by atoms with van der Waals surface area (Å²) in [5, 5.41) is 19.6. The van der Waals surface area contributed by atoms with Crippen molar-refractivity contribution in [1.82, 2.24) is 0 Å². The average molecular weight is 255 g/mol. The second kappa shape index (κ2) is 5.68. The lowest BCUT2D eigenvalue weighted by Crippen LogP contribution is -1.74. The molecule has 0 radical (unpaired) electrons. The van der Waals surface area contributed by atoms with Gasteiger partial charge in [0.25, 0.3) is 0 Å². The normalized spacial score (nSPS) is 8.80. The average Bonchev–Trinajstić information content (AvgIpc) is 2.24. The van der Waals surface area contributed by atoms with Crippen LogP contribution >= 0.6 is 35.0 Å². The van der Waals surface area contributed by atoms with Crippen molar-refractivity contribution < 1.29 is 0 Å². The van der Waals surface area contributed by atoms with Crippen molar-refractivity contribution in [2.75, 3.05) is 0 Å². The Bertz CT molecular complexity index is 467. The Kier molecular flexibility index (Phi) is 4.52. The summed E-state index contributed by atoms with van der Waals surface area (Å²) in [7, 11) is 0. The highest BCUT2D eigenvalue weighted by Crippen LogP contribution is 2.31. The zero-order valence-electron chi connectivity index (χ0n) is 7.37. The van der Waals surface area contributed by atoms with E-state index in [1.807, 2.05) is 0 Å². The summed E-state index contributed by atoms with van der Waals surface area (Å²) < 4.78 is 0. The number of benzene rings is 1. The number of halogens is 2. The molecule has 0 aliphatic carbocycles. The Labute approximate surface area is 102 Å². The number of allylic oxidation sites excluding steroid dienone is 1. The predicted molar refractivity (Wildman–Crippen MR) is 61.6 cm³/mol. The molecule has 0 N–H and O–H groups in total. The van der Waals surface area contributed by atoms with E-state index in [2.05, 4.69) is 0 Å². The van der Waals surface area contributed by atoms with E-state index < -0.39 is 0 Å². The van der Waals surface area contributed by atoms with E-state index in [4.69, 9.17) is 33.7 Å². The second-order valence-corrected chi connectivity index (χ2v) is 4.20. The molecule has 5 heteroatoms. The van der Waals surface area contributed by atoms with Crippen molar-refractivity contribution >= 4 is 35.0 Å². The first-order valence-electron chi connectivity index (χ1n) is 3.79. The van der Waals surface area contributed by atoms with Crippen LogP contribution in [0.1, 0.15) is 0 Å². The van der Waals surface area contributed by atoms with Crippen LogP contribution in [0, 0.1) is 22.7 Å². The molecule has 0 saturated heterocycles. The fraction of sp³-hybridized carbons (Fsp3) is 0. The SMILES string of the molecule is N#CC(C#N)=CSc1cc(Cl)ccc1Cl. The zero-order valence-corrected chi connectivity index (χ0v) is 9.70. The van der Waals surface area contributed by atoms with Crippen LogP contribution in [0.3, 0.4) is 0 Å². The van der Waals surface area contributed by atoms with Crippen LogP contribution in [0.5, 0.6) is 0 Å². The van der Waals surface area contributed by atoms with Gasteiger partial charge in [-0.2, -0.15) is 10.5 Å². The Morgan fingerprint density at radius 3 is 2.53 bits per heavy atom. The lowest BCUT2D eigenvalue weighted by atomic mass is 10.4. The Morgan fingerprint density at radius 1 is 1.27 bits per heavy atom. The van der Waals surface area contributed by atoms with Crippen LogP contribution in [0.4, 0.5) is 0 Å². The third-order valence-corrected chi connectivity index (χ3v) is 3.06. The molecular formula is C10H4Cl2N2S. The molecule has 0 aliphatic rings. The maximum Gasteiger partial charge on any atom is 0.136 e. The molecule has 1 aromatic rings. The first kappa shape index (κ1) is 11.9. The molecule has 2 nitrogen and oxygen atoms in total. The van der Waals surface area contributed by atoms with E-state index in [9.17, 15) is 0 Å². The van der Waals surface area contributed by atoms with Crippen molar-refractivity contribution in [3.05, 3.63) is 39.2 Å². The molecule has 74 valence electrons. The summed E-state index contributed by atoms with van der Waals surface area (Å²) >= 11 is 12.9. The summed E-state index contributed by atoms with van der Waals surface area (Å²) in [4.78, 5) is 0.715. The maximum atomic E-state index is 8.51. The largest absolute Gasteiger partial charge is 0.192 e. The minimum Gasteiger partial charge on any atom is -0.192 e. The fourth-order valence-corrected chi connectivity index (χ4v) is 1.98. The smallest absolute Gasteiger partial charge is 0.136 e. The minimum absolute atomic E-state index is 0.0380. The van der Waals surface area contributed by atoms with E-state index in [1.165, 1.54) is 17.2 Å². The highest BCUT2D eigenvalue weighted by Gasteiger charge is 2.01. The molecule has 0 unspecified atom stereocenters. The van der Waals surface area contributed by atoms with Gasteiger partial charge >= 0.3 is 0 Å². The summed E-state index contributed by atoms with van der Waals surface area (Å²) in [5.41, 5.74) is 0.0380. The highest BCUT2D eigenvalue weighted by molar-refractivity contribution is 8.02. The van der Waals surface area contributed by atoms with Gasteiger partial charge in [-0.3, -0.25) is 0 Å². The van der Waals surface area contributed by atoms with Crippen molar-refractivity contribution in [2.24, 2.45) is 0 Å². The van der Waals surface area contributed by atoms with E-state index >= 15 is 0 Å². The number of nitriles is 2. The number of hydrogen-bond donors (Lipinski definition) is 0. The van der Waals surface area contributed by atoms with E-state index in [-0.39, 0.29) is 5.57 Å². The monoisotopic (exact) mass is 254 g/mol. The quantitative estimate of drug-likeness (QED) is 0.592. The van der Waals surface area contributed by atoms with Gasteiger partial charge in [0.2, 0.25) is 0 Å². The molecule has 0 saturated carbocycles. The standard InChI is InChI=1S/C10H4Cl2N2S/c11-8-1-2-9(12)10(3-8)15-6-7(4-13)5-14/h1-3,6H. The molecule has 0 amide bonds. The Hall–Kier alpha value is -1.13. The first-order valence-corrected chi connectivity index (χ1v) is 5.43. The Morgan fingerprint density at radius 2 is 1.93 bits per heavy atom. The van der Waals surface area contributed by atoms with E-state index in [1.54, 1.807) is 30.3 Å². The van der Waals surface area contributed by atoms with Crippen molar-refractivity contribution in [3.63, 3.8) is 0 Å². The van der Waals surface area contributed by atoms with Gasteiger partial charge < -0.3 is 0 Å². The first-order chi connectivity index (χ1) is 7.17. The van der Waals surface area contributed by atoms with E-state index in [0.717, 1.165) is 0 Å². The van der Waals surface area contributed by atoms with Gasteiger partial charge in [0.05, 0.1) is 5.02 Å². The second-order valence-electron chi connectivity index (χ2n) is 2.45. The van der Waals surface area contributed by atoms with Gasteiger partial charge in [0, 0.05) is 15.3 Å². The van der Waals surface area contributed by atoms with Crippen LogP contribution in [0.2, 0.25) is 10.0 Å². The molecule has 0 aromatic heterocycles. The van der Waals surface area contributed by atoms with Gasteiger partial charge in [-0.05, 0) is 18.2 Å². The lowest BCUT2D eigenvalue weighted by molar-refractivity contribution is 1.46. The molecule has 0 atom stereocenters. The summed E-state index contributed by atoms with van der Waals surface area (Å²) in [5.74, 6) is 0. The molecule has 0 heterocycles. The Balaban J connectivity index is 2.92. The fourth-order valence-electron chi connectivity index (χ4n) is 0.768. The van der Waals surface area contributed by atoms with Crippen molar-refractivity contribution in [2.45, 2.75) is 4.90 Å². The van der Waals surface area contributed by atoms with Gasteiger partial charge in [0.1, 0.15) is 17.7 Å². The highest BCUT2D eigenvalue weighted by atomic mass is 35.5. The minimum atomic E-state index is 0.0380. The molecular weight excluding hydrogens is 251 g/mol. The number of nitrogens with zero attached hydrogens (tertiary/aromatic N) is 2. The van der Waals surface area contributed by atoms with Gasteiger partial charge in [-0.15, -0.1) is 0 Å². The third kappa shape index (κ3) is 3.49. The van der Waals surface area contributed by atoms with Crippen LogP contribution in [0.25, 0.3) is 0 Å². The van der Waals surface area contributed by atoms with Crippen molar-refractivity contribution in [3.8, 4) is 12.1 Å². The summed E-state index contributed by atoms with van der Waals surface area (Å²) in [6.45, 7) is 0. The number of rotatable bonds is 2. The van der Waals surface area contributed by atoms with Crippen LogP contribution < -0.4 is 0 Å². The number of thioether (sulfide) groups is 1. The summed E-state index contributed by atoms with van der Waals surface area (Å²) in [6, 6.07) is 8.54. The molecule has 0 bridgehead atoms. The third-order valence-electron chi connectivity index (χ3n) is 1.44. The molecule has 0 aliphatic heterocycles. The van der Waals surface area contributed by atoms with Gasteiger partial charge in [0.15, 0.2) is 0 Å². The van der Waals surface area contributed by atoms with Crippen LogP contribution in [-0.2, 0) is 0 Å². The number of hydrogen-bond acceptors (Lipinski definition) is 3. The van der Waals surface area contributed by atoms with Crippen molar-refractivity contribution in [1.29, 1.82) is 10.5 Å². The summed E-state index contributed by atoms with van der Waals surface area (Å²) in [6.07, 6.45) is 0. The molecule has 0 fully saturated rings. The van der Waals surface area contributed by atoms with Gasteiger partial charge in [-0.1, -0.05) is 35.0 Å².